The average Bonchev–Trinajstić information content (AvgIpc) is 2.09. The molecule has 6 heteroatoms. The van der Waals surface area contributed by atoms with E-state index in [9.17, 15) is 4.79 Å². The van der Waals surface area contributed by atoms with Crippen LogP contribution in [0.5, 0.6) is 0 Å². The zero-order valence-electron chi connectivity index (χ0n) is 6.21. The SMILES string of the molecule is O=c1[nH]c2ncnc(Cl)c2cc1Br. The van der Waals surface area contributed by atoms with Gasteiger partial charge in [-0.2, -0.15) is 0 Å². The van der Waals surface area contributed by atoms with Gasteiger partial charge in [-0.25, -0.2) is 9.97 Å². The topological polar surface area (TPSA) is 58.6 Å². The van der Waals surface area contributed by atoms with Crippen molar-refractivity contribution in [1.29, 1.82) is 0 Å². The van der Waals surface area contributed by atoms with Crippen LogP contribution in [0.4, 0.5) is 0 Å². The van der Waals surface area contributed by atoms with Crippen molar-refractivity contribution >= 4 is 38.6 Å². The van der Waals surface area contributed by atoms with Crippen molar-refractivity contribution in [1.82, 2.24) is 15.0 Å². The zero-order chi connectivity index (χ0) is 9.42. The van der Waals surface area contributed by atoms with Crippen LogP contribution < -0.4 is 5.56 Å². The lowest BCUT2D eigenvalue weighted by atomic mass is 10.3. The summed E-state index contributed by atoms with van der Waals surface area (Å²) in [5, 5.41) is 0.942. The summed E-state index contributed by atoms with van der Waals surface area (Å²) >= 11 is 8.88. The Morgan fingerprint density at radius 3 is 3.00 bits per heavy atom. The number of rotatable bonds is 0. The van der Waals surface area contributed by atoms with Crippen molar-refractivity contribution < 1.29 is 0 Å². The van der Waals surface area contributed by atoms with Crippen LogP contribution in [0.2, 0.25) is 5.15 Å². The molecule has 2 heterocycles. The van der Waals surface area contributed by atoms with Gasteiger partial charge in [0.05, 0.1) is 9.86 Å². The van der Waals surface area contributed by atoms with E-state index in [1.165, 1.54) is 6.33 Å². The van der Waals surface area contributed by atoms with E-state index in [4.69, 9.17) is 11.6 Å². The molecule has 2 rings (SSSR count). The number of aromatic amines is 1. The summed E-state index contributed by atoms with van der Waals surface area (Å²) in [5.74, 6) is 0. The molecule has 0 unspecified atom stereocenters. The minimum atomic E-state index is -0.234. The molecule has 0 aliphatic rings. The van der Waals surface area contributed by atoms with Gasteiger partial charge < -0.3 is 4.98 Å². The second-order valence-electron chi connectivity index (χ2n) is 2.37. The Morgan fingerprint density at radius 2 is 2.23 bits per heavy atom. The molecule has 0 spiro atoms. The molecule has 66 valence electrons. The smallest absolute Gasteiger partial charge is 0.263 e. The highest BCUT2D eigenvalue weighted by Crippen LogP contribution is 2.18. The number of halogens is 2. The van der Waals surface area contributed by atoms with E-state index >= 15 is 0 Å². The number of H-pyrrole nitrogens is 1. The van der Waals surface area contributed by atoms with Crippen LogP contribution in [0.1, 0.15) is 0 Å². The molecule has 0 saturated carbocycles. The number of hydrogen-bond acceptors (Lipinski definition) is 3. The maximum Gasteiger partial charge on any atom is 0.263 e. The molecule has 13 heavy (non-hydrogen) atoms. The molecule has 1 N–H and O–H groups in total. The minimum absolute atomic E-state index is 0.234. The Labute approximate surface area is 86.1 Å². The lowest BCUT2D eigenvalue weighted by Gasteiger charge is -1.97. The van der Waals surface area contributed by atoms with Gasteiger partial charge in [0.15, 0.2) is 0 Å². The van der Waals surface area contributed by atoms with E-state index in [0.29, 0.717) is 20.7 Å². The van der Waals surface area contributed by atoms with Gasteiger partial charge in [0.25, 0.3) is 5.56 Å². The van der Waals surface area contributed by atoms with Gasteiger partial charge in [-0.05, 0) is 22.0 Å². The molecule has 4 nitrogen and oxygen atoms in total. The van der Waals surface area contributed by atoms with Gasteiger partial charge in [-0.1, -0.05) is 11.6 Å². The fourth-order valence-corrected chi connectivity index (χ4v) is 1.48. The molecule has 0 aliphatic heterocycles. The molecule has 0 amide bonds. The molecular formula is C7H3BrClN3O. The van der Waals surface area contributed by atoms with Crippen LogP contribution >= 0.6 is 27.5 Å². The Morgan fingerprint density at radius 1 is 1.46 bits per heavy atom. The third kappa shape index (κ3) is 1.45. The molecule has 0 aliphatic carbocycles. The molecule has 0 atom stereocenters. The van der Waals surface area contributed by atoms with E-state index in [2.05, 4.69) is 30.9 Å². The molecule has 0 aromatic carbocycles. The fraction of sp³-hybridized carbons (Fsp3) is 0. The van der Waals surface area contributed by atoms with Gasteiger partial charge >= 0.3 is 0 Å². The molecule has 0 saturated heterocycles. The number of pyridine rings is 1. The Kier molecular flexibility index (Phi) is 2.05. The van der Waals surface area contributed by atoms with E-state index in [0.717, 1.165) is 0 Å². The number of nitrogens with zero attached hydrogens (tertiary/aromatic N) is 2. The van der Waals surface area contributed by atoms with Crippen LogP contribution in [-0.4, -0.2) is 15.0 Å². The van der Waals surface area contributed by atoms with Crippen molar-refractivity contribution in [2.45, 2.75) is 0 Å². The summed E-state index contributed by atoms with van der Waals surface area (Å²) < 4.78 is 0.414. The first kappa shape index (κ1) is 8.65. The maximum absolute atomic E-state index is 11.1. The van der Waals surface area contributed by atoms with Crippen LogP contribution in [0, 0.1) is 0 Å². The summed E-state index contributed by atoms with van der Waals surface area (Å²) in [6.07, 6.45) is 1.30. The highest BCUT2D eigenvalue weighted by Gasteiger charge is 2.04. The predicted molar refractivity (Wildman–Crippen MR) is 52.9 cm³/mol. The molecule has 0 radical (unpaired) electrons. The zero-order valence-corrected chi connectivity index (χ0v) is 8.56. The van der Waals surface area contributed by atoms with Crippen LogP contribution in [0.25, 0.3) is 11.0 Å². The first-order chi connectivity index (χ1) is 6.18. The van der Waals surface area contributed by atoms with E-state index in [-0.39, 0.29) is 5.56 Å². The van der Waals surface area contributed by atoms with Crippen molar-refractivity contribution in [3.05, 3.63) is 32.4 Å². The third-order valence-corrected chi connectivity index (χ3v) is 2.45. The number of nitrogens with one attached hydrogen (secondary N) is 1. The Hall–Kier alpha value is -0.940. The Balaban J connectivity index is 2.97. The summed E-state index contributed by atoms with van der Waals surface area (Å²) in [6.45, 7) is 0. The second-order valence-corrected chi connectivity index (χ2v) is 3.59. The summed E-state index contributed by atoms with van der Waals surface area (Å²) in [7, 11) is 0. The number of fused-ring (bicyclic) bond motifs is 1. The quantitative estimate of drug-likeness (QED) is 0.734. The maximum atomic E-state index is 11.1. The molecule has 2 aromatic rings. The standard InChI is InChI=1S/C7H3BrClN3O/c8-4-1-3-5(9)10-2-11-6(3)12-7(4)13/h1-2H,(H,10,11,12,13). The van der Waals surface area contributed by atoms with Crippen LogP contribution in [0.3, 0.4) is 0 Å². The molecule has 0 bridgehead atoms. The van der Waals surface area contributed by atoms with E-state index in [1.54, 1.807) is 6.07 Å². The summed E-state index contributed by atoms with van der Waals surface area (Å²) in [4.78, 5) is 21.4. The van der Waals surface area contributed by atoms with Gasteiger partial charge in [0.1, 0.15) is 17.1 Å². The average molecular weight is 260 g/mol. The third-order valence-electron chi connectivity index (χ3n) is 1.56. The highest BCUT2D eigenvalue weighted by molar-refractivity contribution is 9.10. The predicted octanol–water partition coefficient (Wildman–Crippen LogP) is 1.73. The van der Waals surface area contributed by atoms with Crippen molar-refractivity contribution in [3.63, 3.8) is 0 Å². The highest BCUT2D eigenvalue weighted by atomic mass is 79.9. The van der Waals surface area contributed by atoms with Crippen LogP contribution in [-0.2, 0) is 0 Å². The Bertz CT molecular complexity index is 525. The lowest BCUT2D eigenvalue weighted by molar-refractivity contribution is 1.15. The first-order valence-corrected chi connectivity index (χ1v) is 4.54. The van der Waals surface area contributed by atoms with Crippen molar-refractivity contribution in [2.75, 3.05) is 0 Å². The summed E-state index contributed by atoms with van der Waals surface area (Å²) in [6, 6.07) is 1.59. The van der Waals surface area contributed by atoms with E-state index < -0.39 is 0 Å². The first-order valence-electron chi connectivity index (χ1n) is 3.37. The van der Waals surface area contributed by atoms with E-state index in [1.807, 2.05) is 0 Å². The molecule has 2 aromatic heterocycles. The summed E-state index contributed by atoms with van der Waals surface area (Å²) in [5.41, 5.74) is 0.204. The lowest BCUT2D eigenvalue weighted by Crippen LogP contribution is -2.07. The second kappa shape index (κ2) is 3.08. The van der Waals surface area contributed by atoms with Crippen LogP contribution in [0.15, 0.2) is 21.7 Å². The van der Waals surface area contributed by atoms with Crippen molar-refractivity contribution in [3.8, 4) is 0 Å². The minimum Gasteiger partial charge on any atom is -0.305 e. The molecular weight excluding hydrogens is 257 g/mol. The van der Waals surface area contributed by atoms with Gasteiger partial charge in [-0.15, -0.1) is 0 Å². The number of hydrogen-bond donors (Lipinski definition) is 1. The largest absolute Gasteiger partial charge is 0.305 e. The van der Waals surface area contributed by atoms with Crippen molar-refractivity contribution in [2.24, 2.45) is 0 Å². The monoisotopic (exact) mass is 259 g/mol. The normalized spacial score (nSPS) is 10.6. The fourth-order valence-electron chi connectivity index (χ4n) is 0.961. The number of aromatic nitrogens is 3. The van der Waals surface area contributed by atoms with Gasteiger partial charge in [-0.3, -0.25) is 4.79 Å². The van der Waals surface area contributed by atoms with Gasteiger partial charge in [0.2, 0.25) is 0 Å². The van der Waals surface area contributed by atoms with Gasteiger partial charge in [0, 0.05) is 0 Å². The molecule has 0 fully saturated rings.